The van der Waals surface area contributed by atoms with Crippen LogP contribution in [0.5, 0.6) is 5.75 Å². The van der Waals surface area contributed by atoms with Gasteiger partial charge in [0.15, 0.2) is 0 Å². The van der Waals surface area contributed by atoms with E-state index in [1.54, 1.807) is 0 Å². The molecule has 0 radical (unpaired) electrons. The standard InChI is InChI=1S/C16H14Br3NO/c17-10-4-6-15(13(19)8-10)20-14-2-1-7-21-16-9-11(18)3-5-12(14)16/h3-6,8-9,14,20H,1-2,7H2. The van der Waals surface area contributed by atoms with Gasteiger partial charge in [-0.3, -0.25) is 0 Å². The molecule has 0 amide bonds. The van der Waals surface area contributed by atoms with Crippen molar-refractivity contribution in [1.82, 2.24) is 0 Å². The first-order valence-corrected chi connectivity index (χ1v) is 9.15. The van der Waals surface area contributed by atoms with Crippen molar-refractivity contribution < 1.29 is 4.74 Å². The summed E-state index contributed by atoms with van der Waals surface area (Å²) in [7, 11) is 0. The first kappa shape index (κ1) is 15.4. The fourth-order valence-corrected chi connectivity index (χ4v) is 3.99. The first-order chi connectivity index (χ1) is 10.1. The maximum Gasteiger partial charge on any atom is 0.125 e. The van der Waals surface area contributed by atoms with Crippen molar-refractivity contribution in [2.24, 2.45) is 0 Å². The van der Waals surface area contributed by atoms with Crippen LogP contribution in [0.2, 0.25) is 0 Å². The molecule has 2 aromatic rings. The van der Waals surface area contributed by atoms with Crippen LogP contribution in [0.1, 0.15) is 24.4 Å². The molecule has 0 bridgehead atoms. The molecule has 1 aliphatic rings. The second kappa shape index (κ2) is 6.71. The molecule has 1 atom stereocenters. The van der Waals surface area contributed by atoms with Gasteiger partial charge < -0.3 is 10.1 Å². The van der Waals surface area contributed by atoms with Crippen molar-refractivity contribution in [2.45, 2.75) is 18.9 Å². The zero-order chi connectivity index (χ0) is 14.8. The topological polar surface area (TPSA) is 21.3 Å². The van der Waals surface area contributed by atoms with Gasteiger partial charge in [0.2, 0.25) is 0 Å². The Balaban J connectivity index is 1.92. The average molecular weight is 476 g/mol. The third-order valence-electron chi connectivity index (χ3n) is 3.51. The fourth-order valence-electron chi connectivity index (χ4n) is 2.49. The van der Waals surface area contributed by atoms with E-state index in [1.165, 1.54) is 5.56 Å². The molecule has 3 rings (SSSR count). The van der Waals surface area contributed by atoms with Gasteiger partial charge in [0, 0.05) is 24.7 Å². The Labute approximate surface area is 149 Å². The third-order valence-corrected chi connectivity index (χ3v) is 5.15. The minimum absolute atomic E-state index is 0.257. The lowest BCUT2D eigenvalue weighted by atomic mass is 10.0. The van der Waals surface area contributed by atoms with Gasteiger partial charge in [-0.1, -0.05) is 37.9 Å². The van der Waals surface area contributed by atoms with Crippen LogP contribution in [-0.2, 0) is 0 Å². The lowest BCUT2D eigenvalue weighted by molar-refractivity contribution is 0.316. The summed E-state index contributed by atoms with van der Waals surface area (Å²) in [5.74, 6) is 0.965. The summed E-state index contributed by atoms with van der Waals surface area (Å²) in [6.07, 6.45) is 2.09. The maximum atomic E-state index is 5.86. The largest absolute Gasteiger partial charge is 0.493 e. The van der Waals surface area contributed by atoms with Crippen molar-refractivity contribution in [3.05, 3.63) is 55.4 Å². The molecule has 1 aliphatic heterocycles. The maximum absolute atomic E-state index is 5.86. The van der Waals surface area contributed by atoms with Gasteiger partial charge >= 0.3 is 0 Å². The number of halogens is 3. The van der Waals surface area contributed by atoms with Gasteiger partial charge in [0.25, 0.3) is 0 Å². The van der Waals surface area contributed by atoms with Crippen molar-refractivity contribution in [1.29, 1.82) is 0 Å². The van der Waals surface area contributed by atoms with Gasteiger partial charge in [-0.15, -0.1) is 0 Å². The Morgan fingerprint density at radius 2 is 1.76 bits per heavy atom. The first-order valence-electron chi connectivity index (χ1n) is 6.77. The molecular formula is C16H14Br3NO. The number of fused-ring (bicyclic) bond motifs is 1. The summed E-state index contributed by atoms with van der Waals surface area (Å²) in [4.78, 5) is 0. The van der Waals surface area contributed by atoms with Crippen LogP contribution in [0, 0.1) is 0 Å². The predicted octanol–water partition coefficient (Wildman–Crippen LogP) is 6.30. The molecule has 0 saturated carbocycles. The monoisotopic (exact) mass is 473 g/mol. The molecule has 0 aliphatic carbocycles. The summed E-state index contributed by atoms with van der Waals surface area (Å²) in [6.45, 7) is 0.767. The van der Waals surface area contributed by atoms with E-state index in [4.69, 9.17) is 4.74 Å². The Hall–Kier alpha value is -0.520. The van der Waals surface area contributed by atoms with Gasteiger partial charge in [-0.25, -0.2) is 0 Å². The van der Waals surface area contributed by atoms with Crippen LogP contribution in [0.3, 0.4) is 0 Å². The molecule has 1 heterocycles. The molecule has 1 N–H and O–H groups in total. The second-order valence-corrected chi connectivity index (χ2v) is 7.68. The second-order valence-electron chi connectivity index (χ2n) is 4.99. The fraction of sp³-hybridized carbons (Fsp3) is 0.250. The highest BCUT2D eigenvalue weighted by Crippen LogP contribution is 2.37. The molecule has 2 nitrogen and oxygen atoms in total. The van der Waals surface area contributed by atoms with Gasteiger partial charge in [-0.2, -0.15) is 0 Å². The Morgan fingerprint density at radius 3 is 2.57 bits per heavy atom. The minimum atomic E-state index is 0.257. The lowest BCUT2D eigenvalue weighted by Crippen LogP contribution is -2.10. The van der Waals surface area contributed by atoms with Crippen LogP contribution in [0.4, 0.5) is 5.69 Å². The summed E-state index contributed by atoms with van der Waals surface area (Å²) < 4.78 is 9.02. The van der Waals surface area contributed by atoms with Gasteiger partial charge in [0.05, 0.1) is 12.6 Å². The van der Waals surface area contributed by atoms with E-state index in [1.807, 2.05) is 12.1 Å². The highest BCUT2D eigenvalue weighted by Gasteiger charge is 2.20. The van der Waals surface area contributed by atoms with Crippen LogP contribution in [0.15, 0.2) is 49.8 Å². The molecule has 0 spiro atoms. The number of hydrogen-bond acceptors (Lipinski definition) is 2. The molecular weight excluding hydrogens is 462 g/mol. The third kappa shape index (κ3) is 3.63. The van der Waals surface area contributed by atoms with E-state index in [0.717, 1.165) is 44.3 Å². The van der Waals surface area contributed by atoms with E-state index in [-0.39, 0.29) is 6.04 Å². The molecule has 0 saturated heterocycles. The zero-order valence-electron chi connectivity index (χ0n) is 11.2. The van der Waals surface area contributed by atoms with E-state index in [2.05, 4.69) is 77.4 Å². The van der Waals surface area contributed by atoms with E-state index < -0.39 is 0 Å². The highest BCUT2D eigenvalue weighted by molar-refractivity contribution is 9.11. The number of ether oxygens (including phenoxy) is 1. The quantitative estimate of drug-likeness (QED) is 0.550. The number of rotatable bonds is 2. The number of nitrogens with one attached hydrogen (secondary N) is 1. The van der Waals surface area contributed by atoms with Crippen molar-refractivity contribution in [3.8, 4) is 5.75 Å². The molecule has 0 aromatic heterocycles. The van der Waals surface area contributed by atoms with E-state index in [9.17, 15) is 0 Å². The molecule has 0 fully saturated rings. The molecule has 1 unspecified atom stereocenters. The number of hydrogen-bond donors (Lipinski definition) is 1. The molecule has 21 heavy (non-hydrogen) atoms. The number of anilines is 1. The SMILES string of the molecule is Brc1ccc(NC2CCCOc3cc(Br)ccc32)c(Br)c1. The highest BCUT2D eigenvalue weighted by atomic mass is 79.9. The minimum Gasteiger partial charge on any atom is -0.493 e. The Morgan fingerprint density at radius 1 is 1.00 bits per heavy atom. The Kier molecular flexibility index (Phi) is 4.92. The van der Waals surface area contributed by atoms with Crippen LogP contribution >= 0.6 is 47.8 Å². The molecule has 110 valence electrons. The lowest BCUT2D eigenvalue weighted by Gasteiger charge is -2.20. The normalized spacial score (nSPS) is 17.6. The van der Waals surface area contributed by atoms with E-state index >= 15 is 0 Å². The van der Waals surface area contributed by atoms with Crippen molar-refractivity contribution in [2.75, 3.05) is 11.9 Å². The van der Waals surface area contributed by atoms with Gasteiger partial charge in [-0.05, 0) is 59.1 Å². The summed E-state index contributed by atoms with van der Waals surface area (Å²) >= 11 is 10.6. The summed E-state index contributed by atoms with van der Waals surface area (Å²) in [6, 6.07) is 12.7. The van der Waals surface area contributed by atoms with E-state index in [0.29, 0.717) is 0 Å². The summed E-state index contributed by atoms with van der Waals surface area (Å²) in [5.41, 5.74) is 2.31. The smallest absolute Gasteiger partial charge is 0.125 e. The molecule has 5 heteroatoms. The van der Waals surface area contributed by atoms with Crippen molar-refractivity contribution in [3.63, 3.8) is 0 Å². The zero-order valence-corrected chi connectivity index (χ0v) is 16.0. The van der Waals surface area contributed by atoms with Crippen molar-refractivity contribution >= 4 is 53.5 Å². The predicted molar refractivity (Wildman–Crippen MR) is 97.1 cm³/mol. The van der Waals surface area contributed by atoms with Crippen LogP contribution in [0.25, 0.3) is 0 Å². The molecule has 2 aromatic carbocycles. The average Bonchev–Trinajstić information content (AvgIpc) is 2.64. The Bertz CT molecular complexity index is 660. The van der Waals surface area contributed by atoms with Gasteiger partial charge in [0.1, 0.15) is 5.75 Å². The van der Waals surface area contributed by atoms with Crippen LogP contribution < -0.4 is 10.1 Å². The summed E-state index contributed by atoms with van der Waals surface area (Å²) in [5, 5.41) is 3.63. The number of benzene rings is 2. The van der Waals surface area contributed by atoms with Crippen LogP contribution in [-0.4, -0.2) is 6.61 Å².